The lowest BCUT2D eigenvalue weighted by Gasteiger charge is -2.44. The van der Waals surface area contributed by atoms with E-state index in [-0.39, 0.29) is 41.6 Å². The van der Waals surface area contributed by atoms with Gasteiger partial charge in [-0.15, -0.1) is 0 Å². The molecule has 1 N–H and O–H groups in total. The van der Waals surface area contributed by atoms with Crippen molar-refractivity contribution in [2.24, 2.45) is 0 Å². The smallest absolute Gasteiger partial charge is 0.227 e. The maximum Gasteiger partial charge on any atom is 0.227 e. The zero-order valence-corrected chi connectivity index (χ0v) is 20.3. The monoisotopic (exact) mass is 487 g/mol. The third kappa shape index (κ3) is 4.63. The molecule has 1 spiro atoms. The van der Waals surface area contributed by atoms with E-state index in [1.165, 1.54) is 18.6 Å². The van der Waals surface area contributed by atoms with Crippen molar-refractivity contribution >= 4 is 11.8 Å². The van der Waals surface area contributed by atoms with Crippen LogP contribution in [-0.2, 0) is 32.8 Å². The topological polar surface area (TPSA) is 71.5 Å². The Morgan fingerprint density at radius 1 is 1.06 bits per heavy atom. The third-order valence-corrected chi connectivity index (χ3v) is 7.53. The van der Waals surface area contributed by atoms with Crippen molar-refractivity contribution in [3.63, 3.8) is 0 Å². The van der Waals surface area contributed by atoms with Gasteiger partial charge in [0.2, 0.25) is 11.8 Å². The average molecular weight is 488 g/mol. The summed E-state index contributed by atoms with van der Waals surface area (Å²) in [5, 5.41) is 3.13. The third-order valence-electron chi connectivity index (χ3n) is 7.53. The van der Waals surface area contributed by atoms with E-state index >= 15 is 0 Å². The number of ether oxygens (including phenoxy) is 1. The number of piperidine rings is 1. The first-order valence-corrected chi connectivity index (χ1v) is 12.4. The minimum Gasteiger partial charge on any atom is -0.370 e. The Bertz CT molecular complexity index is 1240. The summed E-state index contributed by atoms with van der Waals surface area (Å²) >= 11 is 0. The van der Waals surface area contributed by atoms with Gasteiger partial charge < -0.3 is 15.0 Å². The van der Waals surface area contributed by atoms with Crippen LogP contribution in [0.3, 0.4) is 0 Å². The predicted octanol–water partition coefficient (Wildman–Crippen LogP) is 4.10. The van der Waals surface area contributed by atoms with Crippen molar-refractivity contribution < 1.29 is 18.7 Å². The Morgan fingerprint density at radius 3 is 2.47 bits per heavy atom. The molecule has 2 aromatic carbocycles. The van der Waals surface area contributed by atoms with Crippen LogP contribution in [0.15, 0.2) is 73.1 Å². The SMILES string of the molecule is CC(=O)N[C@H]1c2ccccc2C2(CCN(C(=O)Cc3ccccc3F)CC2)[C@@H]1OCc1ccncc1. The van der Waals surface area contributed by atoms with Crippen LogP contribution in [0.25, 0.3) is 0 Å². The molecule has 1 aliphatic heterocycles. The van der Waals surface area contributed by atoms with Gasteiger partial charge in [0.05, 0.1) is 25.2 Å². The van der Waals surface area contributed by atoms with E-state index in [1.54, 1.807) is 30.6 Å². The van der Waals surface area contributed by atoms with Crippen LogP contribution in [0.2, 0.25) is 0 Å². The van der Waals surface area contributed by atoms with Crippen LogP contribution < -0.4 is 5.32 Å². The van der Waals surface area contributed by atoms with Gasteiger partial charge in [-0.2, -0.15) is 0 Å². The van der Waals surface area contributed by atoms with E-state index in [1.807, 2.05) is 29.2 Å². The number of benzene rings is 2. The number of fused-ring (bicyclic) bond motifs is 2. The molecule has 186 valence electrons. The number of hydrogen-bond acceptors (Lipinski definition) is 4. The van der Waals surface area contributed by atoms with Gasteiger partial charge in [-0.25, -0.2) is 4.39 Å². The first-order chi connectivity index (χ1) is 17.5. The molecule has 0 radical (unpaired) electrons. The molecule has 0 saturated carbocycles. The molecule has 6 nitrogen and oxygen atoms in total. The number of aromatic nitrogens is 1. The van der Waals surface area contributed by atoms with Crippen molar-refractivity contribution in [3.8, 4) is 0 Å². The number of rotatable bonds is 6. The first-order valence-electron chi connectivity index (χ1n) is 12.4. The van der Waals surface area contributed by atoms with Crippen molar-refractivity contribution in [3.05, 3.63) is 101 Å². The summed E-state index contributed by atoms with van der Waals surface area (Å²) in [6.07, 6.45) is 4.64. The molecule has 0 unspecified atom stereocenters. The zero-order chi connectivity index (χ0) is 25.1. The van der Waals surface area contributed by atoms with Gasteiger partial charge in [0.25, 0.3) is 0 Å². The lowest BCUT2D eigenvalue weighted by atomic mass is 9.71. The highest BCUT2D eigenvalue weighted by molar-refractivity contribution is 5.79. The molecule has 1 aliphatic carbocycles. The molecule has 1 fully saturated rings. The number of nitrogens with one attached hydrogen (secondary N) is 1. The molecule has 3 aromatic rings. The second kappa shape index (κ2) is 10.2. The highest BCUT2D eigenvalue weighted by atomic mass is 19.1. The van der Waals surface area contributed by atoms with Crippen LogP contribution in [0, 0.1) is 5.82 Å². The van der Waals surface area contributed by atoms with E-state index in [0.717, 1.165) is 11.1 Å². The van der Waals surface area contributed by atoms with Gasteiger partial charge >= 0.3 is 0 Å². The summed E-state index contributed by atoms with van der Waals surface area (Å²) in [6.45, 7) is 3.01. The molecule has 2 aliphatic rings. The largest absolute Gasteiger partial charge is 0.370 e. The lowest BCUT2D eigenvalue weighted by molar-refractivity contribution is -0.133. The number of pyridine rings is 1. The summed E-state index contributed by atoms with van der Waals surface area (Å²) in [7, 11) is 0. The number of amides is 2. The number of nitrogens with zero attached hydrogens (tertiary/aromatic N) is 2. The van der Waals surface area contributed by atoms with E-state index < -0.39 is 0 Å². The molecule has 2 amide bonds. The molecule has 2 heterocycles. The van der Waals surface area contributed by atoms with Crippen molar-refractivity contribution in [2.75, 3.05) is 13.1 Å². The lowest BCUT2D eigenvalue weighted by Crippen LogP contribution is -2.52. The number of hydrogen-bond donors (Lipinski definition) is 1. The summed E-state index contributed by atoms with van der Waals surface area (Å²) in [4.78, 5) is 31.1. The highest BCUT2D eigenvalue weighted by Gasteiger charge is 2.54. The predicted molar refractivity (Wildman–Crippen MR) is 133 cm³/mol. The normalized spacial score (nSPS) is 20.2. The average Bonchev–Trinajstić information content (AvgIpc) is 3.13. The Hall–Kier alpha value is -3.58. The van der Waals surface area contributed by atoms with Crippen LogP contribution >= 0.6 is 0 Å². The van der Waals surface area contributed by atoms with Gasteiger partial charge in [-0.3, -0.25) is 14.6 Å². The van der Waals surface area contributed by atoms with Crippen molar-refractivity contribution in [1.29, 1.82) is 0 Å². The minimum absolute atomic E-state index is 0.0484. The van der Waals surface area contributed by atoms with Gasteiger partial charge in [0, 0.05) is 37.8 Å². The summed E-state index contributed by atoms with van der Waals surface area (Å²) in [6, 6.07) is 18.2. The molecular weight excluding hydrogens is 457 g/mol. The molecule has 0 bridgehead atoms. The fourth-order valence-corrected chi connectivity index (χ4v) is 5.78. The Balaban J connectivity index is 1.39. The summed E-state index contributed by atoms with van der Waals surface area (Å²) in [5.74, 6) is -0.539. The van der Waals surface area contributed by atoms with Crippen LogP contribution in [-0.4, -0.2) is 40.9 Å². The van der Waals surface area contributed by atoms with Crippen molar-refractivity contribution in [2.45, 2.75) is 50.4 Å². The second-order valence-electron chi connectivity index (χ2n) is 9.66. The Labute approximate surface area is 210 Å². The van der Waals surface area contributed by atoms with Crippen molar-refractivity contribution in [1.82, 2.24) is 15.2 Å². The molecule has 1 saturated heterocycles. The van der Waals surface area contributed by atoms with Gasteiger partial charge in [0.1, 0.15) is 5.82 Å². The summed E-state index contributed by atoms with van der Waals surface area (Å²) in [5.41, 5.74) is 3.32. The summed E-state index contributed by atoms with van der Waals surface area (Å²) < 4.78 is 20.7. The number of carbonyl (C=O) groups is 2. The fraction of sp³-hybridized carbons (Fsp3) is 0.345. The molecule has 5 rings (SSSR count). The Morgan fingerprint density at radius 2 is 1.75 bits per heavy atom. The van der Waals surface area contributed by atoms with E-state index in [9.17, 15) is 14.0 Å². The maximum atomic E-state index is 14.1. The molecule has 7 heteroatoms. The zero-order valence-electron chi connectivity index (χ0n) is 20.3. The molecule has 2 atom stereocenters. The quantitative estimate of drug-likeness (QED) is 0.568. The number of likely N-dealkylation sites (tertiary alicyclic amines) is 1. The van der Waals surface area contributed by atoms with E-state index in [2.05, 4.69) is 22.4 Å². The van der Waals surface area contributed by atoms with E-state index in [4.69, 9.17) is 4.74 Å². The van der Waals surface area contributed by atoms with Crippen LogP contribution in [0.1, 0.15) is 48.1 Å². The molecular formula is C29H30FN3O3. The van der Waals surface area contributed by atoms with Gasteiger partial charge in [-0.05, 0) is 53.3 Å². The standard InChI is InChI=1S/C29H30FN3O3/c1-20(34)32-27-23-7-3-4-8-24(23)29(28(27)36-19-21-10-14-31-15-11-21)12-16-33(17-13-29)26(35)18-22-6-2-5-9-25(22)30/h2-11,14-15,27-28H,12-13,16-19H2,1H3,(H,32,34)/t27-,28+/m0/s1. The van der Waals surface area contributed by atoms with Crippen LogP contribution in [0.5, 0.6) is 0 Å². The number of halogens is 1. The first kappa shape index (κ1) is 24.1. The maximum absolute atomic E-state index is 14.1. The second-order valence-corrected chi connectivity index (χ2v) is 9.66. The van der Waals surface area contributed by atoms with Gasteiger partial charge in [-0.1, -0.05) is 42.5 Å². The number of carbonyl (C=O) groups excluding carboxylic acids is 2. The Kier molecular flexibility index (Phi) is 6.83. The van der Waals surface area contributed by atoms with Gasteiger partial charge in [0.15, 0.2) is 0 Å². The van der Waals surface area contributed by atoms with Crippen LogP contribution in [0.4, 0.5) is 4.39 Å². The molecule has 36 heavy (non-hydrogen) atoms. The minimum atomic E-state index is -0.355. The molecule has 1 aromatic heterocycles. The fourth-order valence-electron chi connectivity index (χ4n) is 5.78. The van der Waals surface area contributed by atoms with E-state index in [0.29, 0.717) is 38.1 Å². The highest BCUT2D eigenvalue weighted by Crippen LogP contribution is 2.52.